The molecule has 0 bridgehead atoms. The van der Waals surface area contributed by atoms with Crippen LogP contribution in [0.5, 0.6) is 5.75 Å². The molecule has 1 aromatic rings. The highest BCUT2D eigenvalue weighted by molar-refractivity contribution is 6.21. The summed E-state index contributed by atoms with van der Waals surface area (Å²) in [7, 11) is 1.23. The Balaban J connectivity index is 2.17. The Morgan fingerprint density at radius 1 is 1.33 bits per heavy atom. The van der Waals surface area contributed by atoms with Crippen molar-refractivity contribution in [2.24, 2.45) is 0 Å². The van der Waals surface area contributed by atoms with Crippen LogP contribution in [0.4, 0.5) is 5.69 Å². The van der Waals surface area contributed by atoms with E-state index in [2.05, 4.69) is 16.1 Å². The summed E-state index contributed by atoms with van der Waals surface area (Å²) in [4.78, 5) is 24.2. The summed E-state index contributed by atoms with van der Waals surface area (Å²) in [5.41, 5.74) is 2.49. The van der Waals surface area contributed by atoms with Crippen LogP contribution in [-0.2, 0) is 14.3 Å². The van der Waals surface area contributed by atoms with Crippen molar-refractivity contribution in [2.75, 3.05) is 12.4 Å². The van der Waals surface area contributed by atoms with Crippen LogP contribution in [0.1, 0.15) is 24.8 Å². The van der Waals surface area contributed by atoms with Gasteiger partial charge in [0.25, 0.3) is 0 Å². The van der Waals surface area contributed by atoms with Crippen LogP contribution < -0.4 is 5.32 Å². The van der Waals surface area contributed by atoms with Gasteiger partial charge in [0.15, 0.2) is 5.78 Å². The average molecular weight is 327 g/mol. The fourth-order valence-electron chi connectivity index (χ4n) is 2.42. The summed E-state index contributed by atoms with van der Waals surface area (Å²) < 4.78 is 4.69. The van der Waals surface area contributed by atoms with Gasteiger partial charge in [0.1, 0.15) is 11.3 Å². The van der Waals surface area contributed by atoms with E-state index in [1.54, 1.807) is 18.2 Å². The molecule has 126 valence electrons. The minimum Gasteiger partial charge on any atom is -0.508 e. The number of phenols is 1. The predicted molar refractivity (Wildman–Crippen MR) is 92.6 cm³/mol. The molecule has 5 heteroatoms. The van der Waals surface area contributed by atoms with Crippen molar-refractivity contribution in [3.05, 3.63) is 59.3 Å². The van der Waals surface area contributed by atoms with Gasteiger partial charge in [-0.25, -0.2) is 4.79 Å². The van der Waals surface area contributed by atoms with Crippen molar-refractivity contribution >= 4 is 17.4 Å². The van der Waals surface area contributed by atoms with Gasteiger partial charge in [0.2, 0.25) is 0 Å². The van der Waals surface area contributed by atoms with Gasteiger partial charge >= 0.3 is 5.97 Å². The molecule has 0 saturated heterocycles. The zero-order valence-electron chi connectivity index (χ0n) is 13.8. The molecule has 0 unspecified atom stereocenters. The highest BCUT2D eigenvalue weighted by atomic mass is 16.5. The predicted octanol–water partition coefficient (Wildman–Crippen LogP) is 3.41. The summed E-state index contributed by atoms with van der Waals surface area (Å²) in [6, 6.07) is 4.78. The zero-order chi connectivity index (χ0) is 17.5. The molecule has 0 spiro atoms. The maximum atomic E-state index is 12.3. The molecule has 0 aliphatic heterocycles. The van der Waals surface area contributed by atoms with Crippen molar-refractivity contribution in [1.82, 2.24) is 0 Å². The first-order valence-corrected chi connectivity index (χ1v) is 7.77. The second-order valence-electron chi connectivity index (χ2n) is 5.56. The number of allylic oxidation sites excluding steroid dienone is 4. The van der Waals surface area contributed by atoms with Gasteiger partial charge in [-0.3, -0.25) is 4.79 Å². The second kappa shape index (κ2) is 8.15. The number of aromatic hydroxyl groups is 1. The minimum atomic E-state index is -0.700. The number of ketones is 1. The van der Waals surface area contributed by atoms with E-state index in [1.807, 2.05) is 6.92 Å². The first-order valence-electron chi connectivity index (χ1n) is 7.77. The summed E-state index contributed by atoms with van der Waals surface area (Å²) in [6.45, 7) is 1.81. The molecule has 5 nitrogen and oxygen atoms in total. The van der Waals surface area contributed by atoms with Crippen molar-refractivity contribution in [2.45, 2.75) is 26.2 Å². The minimum absolute atomic E-state index is 0.0835. The Kier molecular flexibility index (Phi) is 5.95. The molecule has 2 N–H and O–H groups in total. The normalized spacial score (nSPS) is 14.6. The molecule has 1 aliphatic carbocycles. The summed E-state index contributed by atoms with van der Waals surface area (Å²) in [5, 5.41) is 12.3. The quantitative estimate of drug-likeness (QED) is 0.275. The van der Waals surface area contributed by atoms with Crippen LogP contribution in [0.15, 0.2) is 53.8 Å². The molecule has 0 saturated carbocycles. The van der Waals surface area contributed by atoms with Gasteiger partial charge in [0.05, 0.1) is 7.11 Å². The van der Waals surface area contributed by atoms with Gasteiger partial charge in [-0.05, 0) is 56.0 Å². The highest BCUT2D eigenvalue weighted by Gasteiger charge is 2.17. The number of methoxy groups -OCH3 is 1. The van der Waals surface area contributed by atoms with Gasteiger partial charge in [-0.1, -0.05) is 17.7 Å². The van der Waals surface area contributed by atoms with E-state index in [1.165, 1.54) is 25.5 Å². The Labute approximate surface area is 141 Å². The zero-order valence-corrected chi connectivity index (χ0v) is 13.8. The number of carbonyl (C=O) groups is 2. The number of phenolic OH excluding ortho intramolecular Hbond substituents is 1. The number of hydrogen-bond donors (Lipinski definition) is 2. The fraction of sp³-hybridized carbons (Fsp3) is 0.263. The molecule has 1 aromatic carbocycles. The van der Waals surface area contributed by atoms with E-state index < -0.39 is 11.8 Å². The topological polar surface area (TPSA) is 75.6 Å². The van der Waals surface area contributed by atoms with Crippen LogP contribution in [0.25, 0.3) is 0 Å². The number of ether oxygens (including phenoxy) is 1. The number of hydrogen-bond acceptors (Lipinski definition) is 5. The van der Waals surface area contributed by atoms with Crippen molar-refractivity contribution in [1.29, 1.82) is 0 Å². The van der Waals surface area contributed by atoms with Gasteiger partial charge in [0, 0.05) is 11.9 Å². The molecule has 24 heavy (non-hydrogen) atoms. The molecule has 0 radical (unpaired) electrons. The lowest BCUT2D eigenvalue weighted by Gasteiger charge is -2.08. The van der Waals surface area contributed by atoms with Gasteiger partial charge in [-0.2, -0.15) is 0 Å². The second-order valence-corrected chi connectivity index (χ2v) is 5.56. The molecule has 0 amide bonds. The highest BCUT2D eigenvalue weighted by Crippen LogP contribution is 2.21. The lowest BCUT2D eigenvalue weighted by atomic mass is 10.1. The van der Waals surface area contributed by atoms with Crippen molar-refractivity contribution < 1.29 is 19.4 Å². The first kappa shape index (κ1) is 17.5. The maximum Gasteiger partial charge on any atom is 0.343 e. The van der Waals surface area contributed by atoms with E-state index in [4.69, 9.17) is 0 Å². The lowest BCUT2D eigenvalue weighted by molar-refractivity contribution is -0.137. The summed E-state index contributed by atoms with van der Waals surface area (Å²) in [6.07, 6.45) is 9.63. The van der Waals surface area contributed by atoms with Crippen LogP contribution in [0.3, 0.4) is 0 Å². The molecule has 1 aliphatic rings. The number of benzene rings is 1. The Morgan fingerprint density at radius 2 is 2.12 bits per heavy atom. The van der Waals surface area contributed by atoms with E-state index in [-0.39, 0.29) is 11.3 Å². The number of rotatable bonds is 6. The van der Waals surface area contributed by atoms with Crippen LogP contribution in [0.2, 0.25) is 0 Å². The van der Waals surface area contributed by atoms with E-state index in [0.717, 1.165) is 30.4 Å². The summed E-state index contributed by atoms with van der Waals surface area (Å²) >= 11 is 0. The van der Waals surface area contributed by atoms with E-state index >= 15 is 0 Å². The third-order valence-corrected chi connectivity index (χ3v) is 3.78. The molecule has 0 aromatic heterocycles. The molecular weight excluding hydrogens is 306 g/mol. The Morgan fingerprint density at radius 3 is 2.75 bits per heavy atom. The number of esters is 1. The van der Waals surface area contributed by atoms with Crippen molar-refractivity contribution in [3.8, 4) is 5.75 Å². The third-order valence-electron chi connectivity index (χ3n) is 3.78. The summed E-state index contributed by atoms with van der Waals surface area (Å²) in [5.74, 6) is -0.966. The lowest BCUT2D eigenvalue weighted by Crippen LogP contribution is -2.14. The van der Waals surface area contributed by atoms with Gasteiger partial charge < -0.3 is 15.2 Å². The smallest absolute Gasteiger partial charge is 0.343 e. The molecule has 0 heterocycles. The number of carbonyl (C=O) groups excluding carboxylic acids is 2. The Bertz CT molecular complexity index is 729. The van der Waals surface area contributed by atoms with Crippen LogP contribution >= 0.6 is 0 Å². The standard InChI is InChI=1S/C19H21NO4/c1-13-11-15(21)8-9-17(13)20-12-16(19(23)24-2)18(22)10-7-14-5-3-4-6-14/h5,7-12,20-21H,3-4,6H2,1-2H3. The van der Waals surface area contributed by atoms with Crippen molar-refractivity contribution in [3.63, 3.8) is 0 Å². The monoisotopic (exact) mass is 327 g/mol. The van der Waals surface area contributed by atoms with Crippen LogP contribution in [-0.4, -0.2) is 24.0 Å². The molecular formula is C19H21NO4. The largest absolute Gasteiger partial charge is 0.508 e. The van der Waals surface area contributed by atoms with E-state index in [9.17, 15) is 14.7 Å². The van der Waals surface area contributed by atoms with Gasteiger partial charge in [-0.15, -0.1) is 0 Å². The average Bonchev–Trinajstić information content (AvgIpc) is 3.08. The number of nitrogens with one attached hydrogen (secondary N) is 1. The number of aryl methyl sites for hydroxylation is 1. The van der Waals surface area contributed by atoms with E-state index in [0.29, 0.717) is 5.69 Å². The molecule has 0 fully saturated rings. The maximum absolute atomic E-state index is 12.3. The fourth-order valence-corrected chi connectivity index (χ4v) is 2.42. The Hall–Kier alpha value is -2.82. The number of anilines is 1. The molecule has 2 rings (SSSR count). The first-order chi connectivity index (χ1) is 11.5. The molecule has 0 atom stereocenters. The SMILES string of the molecule is COC(=O)C(=CNc1ccc(O)cc1C)C(=O)C=CC1=CCCC1. The van der Waals surface area contributed by atoms with Crippen LogP contribution in [0, 0.1) is 6.92 Å². The third kappa shape index (κ3) is 4.59.